The van der Waals surface area contributed by atoms with Crippen molar-refractivity contribution in [1.29, 1.82) is 0 Å². The van der Waals surface area contributed by atoms with Crippen LogP contribution >= 0.6 is 0 Å². The van der Waals surface area contributed by atoms with E-state index in [1.165, 1.54) is 16.7 Å². The van der Waals surface area contributed by atoms with Crippen molar-refractivity contribution >= 4 is 5.69 Å². The van der Waals surface area contributed by atoms with E-state index >= 15 is 0 Å². The first-order valence-corrected chi connectivity index (χ1v) is 6.85. The summed E-state index contributed by atoms with van der Waals surface area (Å²) in [5.74, 6) is 0. The lowest BCUT2D eigenvalue weighted by Gasteiger charge is -2.15. The van der Waals surface area contributed by atoms with Crippen LogP contribution in [0.5, 0.6) is 0 Å². The summed E-state index contributed by atoms with van der Waals surface area (Å²) in [6.45, 7) is 10.7. The van der Waals surface area contributed by atoms with Crippen LogP contribution in [0.4, 0.5) is 5.69 Å². The van der Waals surface area contributed by atoms with Gasteiger partial charge in [0.1, 0.15) is 0 Å². The van der Waals surface area contributed by atoms with Crippen molar-refractivity contribution < 1.29 is 0 Å². The predicted molar refractivity (Wildman–Crippen MR) is 80.6 cm³/mol. The number of benzene rings is 1. The van der Waals surface area contributed by atoms with Crippen LogP contribution < -0.4 is 5.32 Å². The molecule has 0 saturated heterocycles. The van der Waals surface area contributed by atoms with Crippen LogP contribution in [0.1, 0.15) is 49.5 Å². The first kappa shape index (κ1) is 13.7. The Kier molecular flexibility index (Phi) is 3.93. The van der Waals surface area contributed by atoms with Gasteiger partial charge in [0.05, 0.1) is 11.9 Å². The molecule has 0 bridgehead atoms. The maximum atomic E-state index is 4.35. The van der Waals surface area contributed by atoms with Gasteiger partial charge in [-0.2, -0.15) is 5.10 Å². The Bertz CT molecular complexity index is 555. The van der Waals surface area contributed by atoms with Crippen LogP contribution in [0.15, 0.2) is 30.6 Å². The minimum Gasteiger partial charge on any atom is -0.376 e. The second-order valence-corrected chi connectivity index (χ2v) is 5.51. The lowest BCUT2D eigenvalue weighted by molar-refractivity contribution is 0.532. The number of aromatic nitrogens is 2. The zero-order chi connectivity index (χ0) is 14.0. The Morgan fingerprint density at radius 3 is 2.42 bits per heavy atom. The summed E-state index contributed by atoms with van der Waals surface area (Å²) in [5.41, 5.74) is 5.05. The minimum atomic E-state index is 0.282. The molecular formula is C16H23N3. The summed E-state index contributed by atoms with van der Waals surface area (Å²) in [5, 5.41) is 7.85. The maximum Gasteiger partial charge on any atom is 0.0731 e. The zero-order valence-electron chi connectivity index (χ0n) is 12.4. The van der Waals surface area contributed by atoms with Gasteiger partial charge >= 0.3 is 0 Å². The standard InChI is InChI=1S/C16H23N3/c1-11(2)19-10-16(9-17-19)18-14(5)15-7-6-12(3)13(4)8-15/h6-11,14,18H,1-5H3. The number of anilines is 1. The van der Waals surface area contributed by atoms with E-state index in [0.717, 1.165) is 5.69 Å². The molecule has 3 heteroatoms. The van der Waals surface area contributed by atoms with E-state index in [1.54, 1.807) is 0 Å². The van der Waals surface area contributed by atoms with Gasteiger partial charge in [-0.3, -0.25) is 4.68 Å². The van der Waals surface area contributed by atoms with E-state index in [9.17, 15) is 0 Å². The van der Waals surface area contributed by atoms with Crippen molar-refractivity contribution in [2.24, 2.45) is 0 Å². The number of nitrogens with one attached hydrogen (secondary N) is 1. The highest BCUT2D eigenvalue weighted by Gasteiger charge is 2.08. The molecule has 0 fully saturated rings. The molecule has 1 aromatic heterocycles. The second kappa shape index (κ2) is 5.47. The Morgan fingerprint density at radius 2 is 1.84 bits per heavy atom. The van der Waals surface area contributed by atoms with Gasteiger partial charge in [-0.25, -0.2) is 0 Å². The lowest BCUT2D eigenvalue weighted by Crippen LogP contribution is -2.06. The molecule has 2 aromatic rings. The van der Waals surface area contributed by atoms with E-state index in [0.29, 0.717) is 6.04 Å². The smallest absolute Gasteiger partial charge is 0.0731 e. The fraction of sp³-hybridized carbons (Fsp3) is 0.438. The molecule has 1 heterocycles. The fourth-order valence-corrected chi connectivity index (χ4v) is 2.06. The van der Waals surface area contributed by atoms with E-state index in [1.807, 2.05) is 10.9 Å². The van der Waals surface area contributed by atoms with Gasteiger partial charge in [0.25, 0.3) is 0 Å². The fourth-order valence-electron chi connectivity index (χ4n) is 2.06. The van der Waals surface area contributed by atoms with Crippen molar-refractivity contribution in [3.05, 3.63) is 47.3 Å². The summed E-state index contributed by atoms with van der Waals surface area (Å²) < 4.78 is 1.97. The van der Waals surface area contributed by atoms with Gasteiger partial charge < -0.3 is 5.32 Å². The molecule has 0 aliphatic rings. The average Bonchev–Trinajstić information content (AvgIpc) is 2.81. The number of rotatable bonds is 4. The Balaban J connectivity index is 2.11. The first-order chi connectivity index (χ1) is 8.97. The molecule has 0 spiro atoms. The van der Waals surface area contributed by atoms with Crippen LogP contribution in [0.2, 0.25) is 0 Å². The highest BCUT2D eigenvalue weighted by atomic mass is 15.3. The molecule has 3 nitrogen and oxygen atoms in total. The normalized spacial score (nSPS) is 12.7. The second-order valence-electron chi connectivity index (χ2n) is 5.51. The third-order valence-corrected chi connectivity index (χ3v) is 3.54. The Labute approximate surface area is 115 Å². The SMILES string of the molecule is Cc1ccc(C(C)Nc2cnn(C(C)C)c2)cc1C. The molecule has 19 heavy (non-hydrogen) atoms. The zero-order valence-corrected chi connectivity index (χ0v) is 12.4. The first-order valence-electron chi connectivity index (χ1n) is 6.85. The maximum absolute atomic E-state index is 4.35. The lowest BCUT2D eigenvalue weighted by atomic mass is 10.0. The van der Waals surface area contributed by atoms with Gasteiger partial charge in [0, 0.05) is 18.3 Å². The quantitative estimate of drug-likeness (QED) is 0.887. The molecule has 0 aliphatic heterocycles. The van der Waals surface area contributed by atoms with Crippen molar-refractivity contribution in [3.8, 4) is 0 Å². The summed E-state index contributed by atoms with van der Waals surface area (Å²) in [7, 11) is 0. The summed E-state index contributed by atoms with van der Waals surface area (Å²) >= 11 is 0. The molecule has 0 aliphatic carbocycles. The molecule has 2 rings (SSSR count). The van der Waals surface area contributed by atoms with Crippen molar-refractivity contribution in [2.45, 2.75) is 46.7 Å². The van der Waals surface area contributed by atoms with Crippen molar-refractivity contribution in [1.82, 2.24) is 9.78 Å². The summed E-state index contributed by atoms with van der Waals surface area (Å²) in [4.78, 5) is 0. The van der Waals surface area contributed by atoms with E-state index in [4.69, 9.17) is 0 Å². The topological polar surface area (TPSA) is 29.9 Å². The monoisotopic (exact) mass is 257 g/mol. The van der Waals surface area contributed by atoms with Gasteiger partial charge in [0.2, 0.25) is 0 Å². The van der Waals surface area contributed by atoms with Crippen LogP contribution in [0, 0.1) is 13.8 Å². The summed E-state index contributed by atoms with van der Waals surface area (Å²) in [6, 6.07) is 7.30. The van der Waals surface area contributed by atoms with E-state index in [2.05, 4.69) is 69.4 Å². The molecule has 102 valence electrons. The van der Waals surface area contributed by atoms with Crippen LogP contribution in [-0.2, 0) is 0 Å². The largest absolute Gasteiger partial charge is 0.376 e. The van der Waals surface area contributed by atoms with Crippen molar-refractivity contribution in [3.63, 3.8) is 0 Å². The molecule has 1 unspecified atom stereocenters. The number of nitrogens with zero attached hydrogens (tertiary/aromatic N) is 2. The van der Waals surface area contributed by atoms with E-state index in [-0.39, 0.29) is 6.04 Å². The third-order valence-electron chi connectivity index (χ3n) is 3.54. The Morgan fingerprint density at radius 1 is 1.11 bits per heavy atom. The van der Waals surface area contributed by atoms with Crippen molar-refractivity contribution in [2.75, 3.05) is 5.32 Å². The minimum absolute atomic E-state index is 0.282. The van der Waals surface area contributed by atoms with Crippen LogP contribution in [0.3, 0.4) is 0 Å². The molecule has 1 aromatic carbocycles. The van der Waals surface area contributed by atoms with Gasteiger partial charge in [0.15, 0.2) is 0 Å². The van der Waals surface area contributed by atoms with Crippen LogP contribution in [-0.4, -0.2) is 9.78 Å². The third kappa shape index (κ3) is 3.16. The molecule has 0 saturated carbocycles. The highest BCUT2D eigenvalue weighted by Crippen LogP contribution is 2.21. The number of aryl methyl sites for hydroxylation is 2. The molecule has 1 atom stereocenters. The molecule has 0 radical (unpaired) electrons. The average molecular weight is 257 g/mol. The van der Waals surface area contributed by atoms with Crippen LogP contribution in [0.25, 0.3) is 0 Å². The van der Waals surface area contributed by atoms with E-state index < -0.39 is 0 Å². The number of hydrogen-bond acceptors (Lipinski definition) is 2. The van der Waals surface area contributed by atoms with Gasteiger partial charge in [-0.1, -0.05) is 18.2 Å². The Hall–Kier alpha value is -1.77. The molecule has 0 amide bonds. The van der Waals surface area contributed by atoms with Gasteiger partial charge in [-0.15, -0.1) is 0 Å². The van der Waals surface area contributed by atoms with Gasteiger partial charge in [-0.05, 0) is 51.3 Å². The highest BCUT2D eigenvalue weighted by molar-refractivity contribution is 5.42. The predicted octanol–water partition coefficient (Wildman–Crippen LogP) is 4.25. The number of hydrogen-bond donors (Lipinski definition) is 1. The summed E-state index contributed by atoms with van der Waals surface area (Å²) in [6.07, 6.45) is 3.94. The molecule has 1 N–H and O–H groups in total. The molecular weight excluding hydrogens is 234 g/mol.